The van der Waals surface area contributed by atoms with Gasteiger partial charge in [-0.05, 0) is 37.5 Å². The maximum Gasteiger partial charge on any atom is 0.217 e. The van der Waals surface area contributed by atoms with Crippen molar-refractivity contribution in [2.75, 3.05) is 0 Å². The maximum atomic E-state index is 5.58. The molecule has 3 rings (SSSR count). The Morgan fingerprint density at radius 2 is 2.37 bits per heavy atom. The van der Waals surface area contributed by atoms with Gasteiger partial charge in [-0.15, -0.1) is 11.3 Å². The van der Waals surface area contributed by atoms with Gasteiger partial charge in [-0.1, -0.05) is 6.07 Å². The van der Waals surface area contributed by atoms with E-state index in [-0.39, 0.29) is 6.04 Å². The molecule has 0 aliphatic heterocycles. The van der Waals surface area contributed by atoms with Crippen molar-refractivity contribution in [1.29, 1.82) is 0 Å². The van der Waals surface area contributed by atoms with Gasteiger partial charge < -0.3 is 4.42 Å². The third kappa shape index (κ3) is 2.15. The summed E-state index contributed by atoms with van der Waals surface area (Å²) in [5, 5.41) is 9.15. The summed E-state index contributed by atoms with van der Waals surface area (Å²) in [4.78, 5) is 5.32. The van der Waals surface area contributed by atoms with E-state index in [2.05, 4.69) is 15.2 Å². The predicted molar refractivity (Wildman–Crippen MR) is 75.8 cm³/mol. The van der Waals surface area contributed by atoms with Crippen LogP contribution in [0.25, 0.3) is 10.7 Å². The molecule has 1 unspecified atom stereocenters. The Bertz CT molecular complexity index is 738. The van der Waals surface area contributed by atoms with Gasteiger partial charge in [0.05, 0.1) is 11.1 Å². The molecule has 0 bridgehead atoms. The number of H-pyrrole nitrogens is 1. The normalized spacial score (nSPS) is 12.7. The zero-order valence-corrected chi connectivity index (χ0v) is 12.1. The standard InChI is InChI=1S/C12H12N4OS2/c1-7-6-13-11(17-7)8(2)16-10(14-15-12(16)18)9-4-3-5-19-9/h3-6,8H,1-2H3,(H,15,18). The largest absolute Gasteiger partial charge is 0.444 e. The Balaban J connectivity index is 2.10. The van der Waals surface area contributed by atoms with Crippen LogP contribution in [-0.4, -0.2) is 19.7 Å². The van der Waals surface area contributed by atoms with E-state index in [1.807, 2.05) is 35.9 Å². The lowest BCUT2D eigenvalue weighted by atomic mass is 10.3. The summed E-state index contributed by atoms with van der Waals surface area (Å²) in [5.41, 5.74) is 0. The number of hydrogen-bond donors (Lipinski definition) is 1. The van der Waals surface area contributed by atoms with Crippen LogP contribution < -0.4 is 0 Å². The van der Waals surface area contributed by atoms with Crippen LogP contribution in [0.15, 0.2) is 28.1 Å². The second-order valence-corrected chi connectivity index (χ2v) is 5.52. The van der Waals surface area contributed by atoms with Gasteiger partial charge in [-0.3, -0.25) is 9.67 Å². The van der Waals surface area contributed by atoms with E-state index >= 15 is 0 Å². The van der Waals surface area contributed by atoms with Crippen molar-refractivity contribution in [3.63, 3.8) is 0 Å². The van der Waals surface area contributed by atoms with Crippen LogP contribution in [-0.2, 0) is 0 Å². The lowest BCUT2D eigenvalue weighted by Crippen LogP contribution is -2.08. The fraction of sp³-hybridized carbons (Fsp3) is 0.250. The zero-order valence-electron chi connectivity index (χ0n) is 10.5. The van der Waals surface area contributed by atoms with E-state index in [0.29, 0.717) is 10.7 Å². The Kier molecular flexibility index (Phi) is 3.08. The molecule has 1 N–H and O–H groups in total. The zero-order chi connectivity index (χ0) is 13.4. The van der Waals surface area contributed by atoms with Gasteiger partial charge in [0.1, 0.15) is 11.8 Å². The van der Waals surface area contributed by atoms with Crippen molar-refractivity contribution in [3.8, 4) is 10.7 Å². The average Bonchev–Trinajstić information content (AvgIpc) is 3.07. The quantitative estimate of drug-likeness (QED) is 0.750. The Hall–Kier alpha value is -1.73. The summed E-state index contributed by atoms with van der Waals surface area (Å²) >= 11 is 6.93. The first-order valence-electron chi connectivity index (χ1n) is 5.80. The van der Waals surface area contributed by atoms with Gasteiger partial charge in [-0.25, -0.2) is 4.98 Å². The van der Waals surface area contributed by atoms with Gasteiger partial charge in [0.2, 0.25) is 5.89 Å². The number of aromatic amines is 1. The Morgan fingerprint density at radius 3 is 3.00 bits per heavy atom. The summed E-state index contributed by atoms with van der Waals surface area (Å²) in [7, 11) is 0. The van der Waals surface area contributed by atoms with E-state index < -0.39 is 0 Å². The topological polar surface area (TPSA) is 59.6 Å². The second-order valence-electron chi connectivity index (χ2n) is 4.18. The van der Waals surface area contributed by atoms with E-state index in [9.17, 15) is 0 Å². The molecular formula is C12H12N4OS2. The highest BCUT2D eigenvalue weighted by Gasteiger charge is 2.20. The average molecular weight is 292 g/mol. The fourth-order valence-electron chi connectivity index (χ4n) is 1.92. The Labute approximate surface area is 118 Å². The van der Waals surface area contributed by atoms with Crippen LogP contribution >= 0.6 is 23.6 Å². The molecule has 98 valence electrons. The summed E-state index contributed by atoms with van der Waals surface area (Å²) in [6, 6.07) is 3.90. The third-order valence-electron chi connectivity index (χ3n) is 2.83. The fourth-order valence-corrected chi connectivity index (χ4v) is 2.92. The number of rotatable bonds is 3. The highest BCUT2D eigenvalue weighted by molar-refractivity contribution is 7.71. The van der Waals surface area contributed by atoms with Gasteiger partial charge in [-0.2, -0.15) is 5.10 Å². The van der Waals surface area contributed by atoms with Crippen molar-refractivity contribution >= 4 is 23.6 Å². The highest BCUT2D eigenvalue weighted by atomic mass is 32.1. The van der Waals surface area contributed by atoms with Crippen molar-refractivity contribution in [2.45, 2.75) is 19.9 Å². The molecular weight excluding hydrogens is 280 g/mol. The van der Waals surface area contributed by atoms with Crippen LogP contribution in [0.2, 0.25) is 0 Å². The first-order valence-corrected chi connectivity index (χ1v) is 7.08. The SMILES string of the molecule is Cc1cnc(C(C)n2c(-c3cccs3)n[nH]c2=S)o1. The number of nitrogens with one attached hydrogen (secondary N) is 1. The molecule has 3 heterocycles. The first-order chi connectivity index (χ1) is 9.16. The molecule has 3 aromatic rings. The van der Waals surface area contributed by atoms with Crippen LogP contribution in [0.3, 0.4) is 0 Å². The van der Waals surface area contributed by atoms with Crippen LogP contribution in [0.4, 0.5) is 0 Å². The molecule has 0 aliphatic carbocycles. The van der Waals surface area contributed by atoms with Crippen molar-refractivity contribution in [1.82, 2.24) is 19.7 Å². The third-order valence-corrected chi connectivity index (χ3v) is 3.98. The Morgan fingerprint density at radius 1 is 1.53 bits per heavy atom. The molecule has 0 saturated heterocycles. The smallest absolute Gasteiger partial charge is 0.217 e. The van der Waals surface area contributed by atoms with Crippen molar-refractivity contribution in [2.24, 2.45) is 0 Å². The highest BCUT2D eigenvalue weighted by Crippen LogP contribution is 2.28. The molecule has 5 nitrogen and oxygen atoms in total. The molecule has 19 heavy (non-hydrogen) atoms. The summed E-state index contributed by atoms with van der Waals surface area (Å²) in [6.07, 6.45) is 1.71. The lowest BCUT2D eigenvalue weighted by molar-refractivity contribution is 0.414. The van der Waals surface area contributed by atoms with Crippen molar-refractivity contribution < 1.29 is 4.42 Å². The van der Waals surface area contributed by atoms with Gasteiger partial charge >= 0.3 is 0 Å². The lowest BCUT2D eigenvalue weighted by Gasteiger charge is -2.11. The van der Waals surface area contributed by atoms with E-state index in [1.165, 1.54) is 0 Å². The van der Waals surface area contributed by atoms with Gasteiger partial charge in [0, 0.05) is 0 Å². The minimum atomic E-state index is -0.1000. The predicted octanol–water partition coefficient (Wildman–Crippen LogP) is 3.57. The van der Waals surface area contributed by atoms with E-state index in [0.717, 1.165) is 16.5 Å². The van der Waals surface area contributed by atoms with E-state index in [1.54, 1.807) is 17.5 Å². The molecule has 0 aliphatic rings. The number of oxazole rings is 1. The van der Waals surface area contributed by atoms with Gasteiger partial charge in [0.15, 0.2) is 10.6 Å². The molecule has 0 radical (unpaired) electrons. The molecule has 0 saturated carbocycles. The van der Waals surface area contributed by atoms with Crippen molar-refractivity contribution in [3.05, 3.63) is 40.1 Å². The van der Waals surface area contributed by atoms with Crippen LogP contribution in [0, 0.1) is 11.7 Å². The van der Waals surface area contributed by atoms with Gasteiger partial charge in [0.25, 0.3) is 0 Å². The molecule has 1 atom stereocenters. The van der Waals surface area contributed by atoms with E-state index in [4.69, 9.17) is 16.6 Å². The number of hydrogen-bond acceptors (Lipinski definition) is 5. The minimum Gasteiger partial charge on any atom is -0.444 e. The van der Waals surface area contributed by atoms with Crippen LogP contribution in [0.5, 0.6) is 0 Å². The summed E-state index contributed by atoms with van der Waals surface area (Å²) in [6.45, 7) is 3.87. The minimum absolute atomic E-state index is 0.1000. The molecule has 0 aromatic carbocycles. The summed E-state index contributed by atoms with van der Waals surface area (Å²) < 4.78 is 8.06. The number of nitrogens with zero attached hydrogens (tertiary/aromatic N) is 3. The number of aromatic nitrogens is 4. The van der Waals surface area contributed by atoms with Crippen LogP contribution in [0.1, 0.15) is 24.6 Å². The molecule has 7 heteroatoms. The summed E-state index contributed by atoms with van der Waals surface area (Å²) in [5.74, 6) is 2.23. The number of thiophene rings is 1. The molecule has 0 spiro atoms. The maximum absolute atomic E-state index is 5.58. The molecule has 0 fully saturated rings. The second kappa shape index (κ2) is 4.75. The first kappa shape index (κ1) is 12.3. The number of aryl methyl sites for hydroxylation is 1. The molecule has 0 amide bonds. The molecule has 3 aromatic heterocycles. The monoisotopic (exact) mass is 292 g/mol.